The molecule has 0 aliphatic heterocycles. The normalized spacial score (nSPS) is 8.94. The molecule has 0 aliphatic carbocycles. The van der Waals surface area contributed by atoms with Gasteiger partial charge in [0.1, 0.15) is 10.5 Å². The molecule has 0 unspecified atom stereocenters. The summed E-state index contributed by atoms with van der Waals surface area (Å²) >= 11 is 0. The molecular weight excluding hydrogens is 256 g/mol. The van der Waals surface area contributed by atoms with Crippen molar-refractivity contribution in [3.05, 3.63) is 71.8 Å². The number of rotatable bonds is 3. The first kappa shape index (κ1) is 16.8. The Labute approximate surface area is 116 Å². The second-order valence-electron chi connectivity index (χ2n) is 3.56. The van der Waals surface area contributed by atoms with Crippen LogP contribution in [0.1, 0.15) is 11.1 Å². The highest BCUT2D eigenvalue weighted by molar-refractivity contribution is 5.97. The van der Waals surface area contributed by atoms with Gasteiger partial charge in [-0.15, -0.1) is 0 Å². The van der Waals surface area contributed by atoms with E-state index in [0.29, 0.717) is 0 Å². The molecule has 0 radical (unpaired) electrons. The molecule has 18 heavy (non-hydrogen) atoms. The van der Waals surface area contributed by atoms with Gasteiger partial charge in [-0.05, 0) is 22.1 Å². The Morgan fingerprint density at radius 2 is 1.28 bits per heavy atom. The molecule has 2 rings (SSSR count). The summed E-state index contributed by atoms with van der Waals surface area (Å²) in [7, 11) is 0.824. The number of hydrogen-bond donors (Lipinski definition) is 1. The minimum Gasteiger partial charge on any atom is -0.424 e. The van der Waals surface area contributed by atoms with Crippen LogP contribution >= 0.6 is 0 Å². The largest absolute Gasteiger partial charge is 0.424 e. The quantitative estimate of drug-likeness (QED) is 0.814. The maximum atomic E-state index is 8.54. The Hall–Kier alpha value is -1.21. The van der Waals surface area contributed by atoms with Gasteiger partial charge < -0.3 is 9.53 Å². The highest BCUT2D eigenvalue weighted by atomic mass is 28.2. The molecule has 2 aromatic carbocycles. The second kappa shape index (κ2) is 10.9. The molecule has 2 nitrogen and oxygen atoms in total. The van der Waals surface area contributed by atoms with E-state index in [-0.39, 0.29) is 17.6 Å². The van der Waals surface area contributed by atoms with Crippen LogP contribution in [0.25, 0.3) is 0 Å². The van der Waals surface area contributed by atoms with Crippen molar-refractivity contribution in [2.75, 3.05) is 0 Å². The third-order valence-corrected chi connectivity index (χ3v) is 2.47. The van der Waals surface area contributed by atoms with Gasteiger partial charge in [0.25, 0.3) is 0 Å². The van der Waals surface area contributed by atoms with Crippen molar-refractivity contribution >= 4 is 21.5 Å². The molecule has 0 aromatic heterocycles. The first-order chi connectivity index (χ1) is 8.36. The van der Waals surface area contributed by atoms with Crippen molar-refractivity contribution in [1.29, 1.82) is 0 Å². The average Bonchev–Trinajstić information content (AvgIpc) is 2.42. The molecule has 0 bridgehead atoms. The summed E-state index contributed by atoms with van der Waals surface area (Å²) in [5.41, 5.74) is 2.22. The smallest absolute Gasteiger partial charge is 0.146 e. The lowest BCUT2D eigenvalue weighted by Gasteiger charge is -1.95. The van der Waals surface area contributed by atoms with E-state index in [1.807, 2.05) is 48.5 Å². The molecule has 0 atom stereocenters. The molecule has 4 heteroatoms. The summed E-state index contributed by atoms with van der Waals surface area (Å²) in [6.45, 7) is 0.911. The molecule has 0 saturated heterocycles. The first-order valence-corrected chi connectivity index (χ1v) is 6.36. The van der Waals surface area contributed by atoms with Gasteiger partial charge >= 0.3 is 0 Å². The number of benzene rings is 2. The monoisotopic (exact) mass is 278 g/mol. The Morgan fingerprint density at radius 1 is 0.833 bits per heavy atom. The van der Waals surface area contributed by atoms with Gasteiger partial charge in [-0.3, -0.25) is 0 Å². The van der Waals surface area contributed by atoms with Crippen LogP contribution in [0.15, 0.2) is 60.7 Å². The summed E-state index contributed by atoms with van der Waals surface area (Å²) in [5.74, 6) is 0. The molecule has 0 saturated carbocycles. The van der Waals surface area contributed by atoms with Crippen molar-refractivity contribution in [3.63, 3.8) is 0 Å². The molecule has 0 amide bonds. The summed E-state index contributed by atoms with van der Waals surface area (Å²) in [6, 6.07) is 19.7. The zero-order valence-corrected chi connectivity index (χ0v) is 12.0. The molecule has 0 fully saturated rings. The predicted molar refractivity (Wildman–Crippen MR) is 84.9 cm³/mol. The zero-order valence-electron chi connectivity index (χ0n) is 10.0. The fourth-order valence-corrected chi connectivity index (χ4v) is 1.66. The van der Waals surface area contributed by atoms with Gasteiger partial charge in [-0.1, -0.05) is 60.7 Å². The van der Waals surface area contributed by atoms with Crippen molar-refractivity contribution in [1.82, 2.24) is 0 Å². The molecule has 98 valence electrons. The van der Waals surface area contributed by atoms with Crippen LogP contribution in [0.4, 0.5) is 0 Å². The molecule has 1 N–H and O–H groups in total. The molecule has 0 heterocycles. The standard InChI is InChI=1S/C7H10OSi.C7H8O.H4Si/c9-8-6-7-4-2-1-3-5-7;8-6-7-4-2-1-3-5-7;/h1-5H,6H2,9H3;1-5,8H,6H2;1H4. The van der Waals surface area contributed by atoms with Gasteiger partial charge in [0, 0.05) is 0 Å². The van der Waals surface area contributed by atoms with Gasteiger partial charge in [-0.25, -0.2) is 0 Å². The van der Waals surface area contributed by atoms with Gasteiger partial charge in [0.05, 0.1) is 13.2 Å². The Kier molecular flexibility index (Phi) is 10.2. The molecule has 0 aliphatic rings. The third kappa shape index (κ3) is 7.18. The minimum absolute atomic E-state index is 0. The van der Waals surface area contributed by atoms with Crippen molar-refractivity contribution < 1.29 is 9.53 Å². The fourth-order valence-electron chi connectivity index (χ4n) is 1.32. The first-order valence-electron chi connectivity index (χ1n) is 5.54. The Morgan fingerprint density at radius 3 is 1.61 bits per heavy atom. The van der Waals surface area contributed by atoms with Crippen LogP contribution in [0.5, 0.6) is 0 Å². The lowest BCUT2D eigenvalue weighted by Crippen LogP contribution is -1.85. The van der Waals surface area contributed by atoms with E-state index < -0.39 is 0 Å². The lowest BCUT2D eigenvalue weighted by molar-refractivity contribution is 0.282. The van der Waals surface area contributed by atoms with Crippen LogP contribution in [0, 0.1) is 0 Å². The van der Waals surface area contributed by atoms with Crippen molar-refractivity contribution in [2.45, 2.75) is 13.2 Å². The second-order valence-corrected chi connectivity index (χ2v) is 4.14. The summed E-state index contributed by atoms with van der Waals surface area (Å²) < 4.78 is 5.07. The summed E-state index contributed by atoms with van der Waals surface area (Å²) in [5, 5.41) is 8.54. The van der Waals surface area contributed by atoms with Gasteiger partial charge in [0.15, 0.2) is 0 Å². The van der Waals surface area contributed by atoms with E-state index in [9.17, 15) is 0 Å². The molecule has 2 aromatic rings. The molecule has 0 spiro atoms. The Bertz CT molecular complexity index is 393. The van der Waals surface area contributed by atoms with E-state index in [1.165, 1.54) is 5.56 Å². The van der Waals surface area contributed by atoms with Crippen molar-refractivity contribution in [2.24, 2.45) is 0 Å². The van der Waals surface area contributed by atoms with E-state index in [0.717, 1.165) is 22.7 Å². The maximum Gasteiger partial charge on any atom is 0.146 e. The Balaban J connectivity index is 0.000000306. The topological polar surface area (TPSA) is 29.5 Å². The predicted octanol–water partition coefficient (Wildman–Crippen LogP) is 0.211. The molecular formula is C14H22O2Si2. The van der Waals surface area contributed by atoms with Gasteiger partial charge in [-0.2, -0.15) is 0 Å². The highest BCUT2D eigenvalue weighted by Gasteiger charge is 1.84. The lowest BCUT2D eigenvalue weighted by atomic mass is 10.2. The van der Waals surface area contributed by atoms with E-state index in [1.54, 1.807) is 0 Å². The SMILES string of the molecule is OCc1ccccc1.[SiH3]OCc1ccccc1.[SiH4]. The van der Waals surface area contributed by atoms with E-state index in [2.05, 4.69) is 12.1 Å². The zero-order chi connectivity index (χ0) is 12.3. The summed E-state index contributed by atoms with van der Waals surface area (Å²) in [6.07, 6.45) is 0. The van der Waals surface area contributed by atoms with E-state index >= 15 is 0 Å². The number of aliphatic hydroxyl groups is 1. The summed E-state index contributed by atoms with van der Waals surface area (Å²) in [4.78, 5) is 0. The minimum atomic E-state index is 0. The van der Waals surface area contributed by atoms with Crippen LogP contribution in [-0.2, 0) is 17.6 Å². The number of hydrogen-bond acceptors (Lipinski definition) is 2. The van der Waals surface area contributed by atoms with Gasteiger partial charge in [0.2, 0.25) is 0 Å². The maximum absolute atomic E-state index is 8.54. The van der Waals surface area contributed by atoms with Crippen LogP contribution in [0.3, 0.4) is 0 Å². The highest BCUT2D eigenvalue weighted by Crippen LogP contribution is 1.98. The van der Waals surface area contributed by atoms with Crippen LogP contribution < -0.4 is 0 Å². The van der Waals surface area contributed by atoms with Crippen LogP contribution in [0.2, 0.25) is 0 Å². The average molecular weight is 278 g/mol. The van der Waals surface area contributed by atoms with E-state index in [4.69, 9.17) is 9.53 Å². The third-order valence-electron chi connectivity index (χ3n) is 2.18. The van der Waals surface area contributed by atoms with Crippen molar-refractivity contribution in [3.8, 4) is 0 Å². The number of aliphatic hydroxyl groups excluding tert-OH is 1. The fraction of sp³-hybridized carbons (Fsp3) is 0.143. The van der Waals surface area contributed by atoms with Crippen LogP contribution in [-0.4, -0.2) is 26.6 Å².